The van der Waals surface area contributed by atoms with E-state index < -0.39 is 35.2 Å². The summed E-state index contributed by atoms with van der Waals surface area (Å²) in [5.74, 6) is 0. The predicted octanol–water partition coefficient (Wildman–Crippen LogP) is 6.68. The van der Waals surface area contributed by atoms with E-state index in [0.29, 0.717) is 12.1 Å². The molecule has 0 bridgehead atoms. The SMILES string of the molecule is O=C(Nc1cc(C(F)(F)F)cc(C(F)(F)F)c1)Nc1cc(Cl)ccc1Cl. The number of rotatable bonds is 2. The Hall–Kier alpha value is -2.13. The Morgan fingerprint density at radius 1 is 0.808 bits per heavy atom. The summed E-state index contributed by atoms with van der Waals surface area (Å²) in [7, 11) is 0. The van der Waals surface area contributed by atoms with Crippen LogP contribution in [0.3, 0.4) is 0 Å². The number of hydrogen-bond acceptors (Lipinski definition) is 1. The van der Waals surface area contributed by atoms with E-state index in [4.69, 9.17) is 23.2 Å². The van der Waals surface area contributed by atoms with Crippen molar-refractivity contribution in [3.63, 3.8) is 0 Å². The third-order valence-corrected chi connectivity index (χ3v) is 3.59. The van der Waals surface area contributed by atoms with E-state index in [1.807, 2.05) is 5.32 Å². The normalized spacial score (nSPS) is 12.0. The number of urea groups is 1. The molecule has 0 atom stereocenters. The highest BCUT2D eigenvalue weighted by atomic mass is 35.5. The first kappa shape index (κ1) is 20.2. The first-order chi connectivity index (χ1) is 11.9. The maximum Gasteiger partial charge on any atom is 0.416 e. The molecule has 0 fully saturated rings. The quantitative estimate of drug-likeness (QED) is 0.527. The van der Waals surface area contributed by atoms with Gasteiger partial charge in [-0.1, -0.05) is 23.2 Å². The lowest BCUT2D eigenvalue weighted by atomic mass is 10.1. The van der Waals surface area contributed by atoms with E-state index in [2.05, 4.69) is 5.32 Å². The predicted molar refractivity (Wildman–Crippen MR) is 85.5 cm³/mol. The van der Waals surface area contributed by atoms with Gasteiger partial charge in [-0.25, -0.2) is 4.79 Å². The third kappa shape index (κ3) is 5.18. The largest absolute Gasteiger partial charge is 0.416 e. The minimum atomic E-state index is -5.02. The van der Waals surface area contributed by atoms with Gasteiger partial charge in [-0.05, 0) is 36.4 Å². The number of benzene rings is 2. The second-order valence-corrected chi connectivity index (χ2v) is 5.84. The number of carbonyl (C=O) groups is 1. The lowest BCUT2D eigenvalue weighted by molar-refractivity contribution is -0.143. The first-order valence-electron chi connectivity index (χ1n) is 6.69. The summed E-state index contributed by atoms with van der Waals surface area (Å²) >= 11 is 11.5. The van der Waals surface area contributed by atoms with Gasteiger partial charge < -0.3 is 10.6 Å². The van der Waals surface area contributed by atoms with Crippen molar-refractivity contribution in [2.24, 2.45) is 0 Å². The van der Waals surface area contributed by atoms with Gasteiger partial charge in [0.15, 0.2) is 0 Å². The molecule has 140 valence electrons. The molecule has 26 heavy (non-hydrogen) atoms. The molecule has 0 aromatic heterocycles. The molecule has 0 saturated heterocycles. The molecule has 2 amide bonds. The molecular formula is C15H8Cl2F6N2O. The molecule has 0 aliphatic heterocycles. The smallest absolute Gasteiger partial charge is 0.308 e. The number of nitrogens with one attached hydrogen (secondary N) is 2. The Balaban J connectivity index is 2.30. The lowest BCUT2D eigenvalue weighted by Gasteiger charge is -2.15. The van der Waals surface area contributed by atoms with Crippen molar-refractivity contribution in [3.05, 3.63) is 57.6 Å². The first-order valence-corrected chi connectivity index (χ1v) is 7.44. The molecule has 2 aromatic rings. The summed E-state index contributed by atoms with van der Waals surface area (Å²) in [5, 5.41) is 4.38. The van der Waals surface area contributed by atoms with E-state index in [0.717, 1.165) is 0 Å². The van der Waals surface area contributed by atoms with Crippen LogP contribution in [0.15, 0.2) is 36.4 Å². The summed E-state index contributed by atoms with van der Waals surface area (Å²) < 4.78 is 76.7. The fourth-order valence-corrected chi connectivity index (χ4v) is 2.24. The zero-order valence-electron chi connectivity index (χ0n) is 12.4. The Labute approximate surface area is 152 Å². The number of carbonyl (C=O) groups excluding carboxylic acids is 1. The van der Waals surface area contributed by atoms with Crippen molar-refractivity contribution in [1.82, 2.24) is 0 Å². The monoisotopic (exact) mass is 416 g/mol. The maximum atomic E-state index is 12.8. The van der Waals surface area contributed by atoms with Crippen molar-refractivity contribution in [2.75, 3.05) is 10.6 Å². The Morgan fingerprint density at radius 2 is 1.35 bits per heavy atom. The van der Waals surface area contributed by atoms with Crippen molar-refractivity contribution in [1.29, 1.82) is 0 Å². The molecular weight excluding hydrogens is 409 g/mol. The highest BCUT2D eigenvalue weighted by Gasteiger charge is 2.37. The molecule has 0 aliphatic rings. The zero-order chi connectivity index (χ0) is 19.7. The van der Waals surface area contributed by atoms with Gasteiger partial charge in [0.1, 0.15) is 0 Å². The molecule has 0 radical (unpaired) electrons. The van der Waals surface area contributed by atoms with Crippen LogP contribution < -0.4 is 10.6 Å². The van der Waals surface area contributed by atoms with Crippen LogP contribution >= 0.6 is 23.2 Å². The van der Waals surface area contributed by atoms with E-state index in [9.17, 15) is 31.1 Å². The molecule has 3 nitrogen and oxygen atoms in total. The second kappa shape index (κ2) is 7.24. The molecule has 0 aliphatic carbocycles. The summed E-state index contributed by atoms with van der Waals surface area (Å²) in [6, 6.07) is 3.67. The third-order valence-electron chi connectivity index (χ3n) is 3.02. The van der Waals surface area contributed by atoms with E-state index >= 15 is 0 Å². The van der Waals surface area contributed by atoms with Crippen molar-refractivity contribution in [3.8, 4) is 0 Å². The van der Waals surface area contributed by atoms with E-state index in [1.54, 1.807) is 0 Å². The Bertz CT molecular complexity index is 804. The Morgan fingerprint density at radius 3 is 1.85 bits per heavy atom. The van der Waals surface area contributed by atoms with Crippen LogP contribution in [0.1, 0.15) is 11.1 Å². The van der Waals surface area contributed by atoms with Gasteiger partial charge in [0, 0.05) is 10.7 Å². The van der Waals surface area contributed by atoms with Crippen LogP contribution in [0.4, 0.5) is 42.5 Å². The van der Waals surface area contributed by atoms with Gasteiger partial charge >= 0.3 is 18.4 Å². The van der Waals surface area contributed by atoms with Crippen LogP contribution in [0.2, 0.25) is 10.0 Å². The lowest BCUT2D eigenvalue weighted by Crippen LogP contribution is -2.21. The molecule has 0 heterocycles. The molecule has 11 heteroatoms. The molecule has 2 N–H and O–H groups in total. The topological polar surface area (TPSA) is 41.1 Å². The summed E-state index contributed by atoms with van der Waals surface area (Å²) in [5.41, 5.74) is -3.77. The van der Waals surface area contributed by atoms with Crippen molar-refractivity contribution in [2.45, 2.75) is 12.4 Å². The molecule has 2 rings (SSSR count). The van der Waals surface area contributed by atoms with Crippen LogP contribution in [-0.4, -0.2) is 6.03 Å². The second-order valence-electron chi connectivity index (χ2n) is 5.00. The van der Waals surface area contributed by atoms with E-state index in [1.165, 1.54) is 18.2 Å². The van der Waals surface area contributed by atoms with Gasteiger partial charge in [-0.2, -0.15) is 26.3 Å². The van der Waals surface area contributed by atoms with Gasteiger partial charge in [0.25, 0.3) is 0 Å². The van der Waals surface area contributed by atoms with Crippen molar-refractivity contribution < 1.29 is 31.1 Å². The molecule has 0 saturated carbocycles. The minimum absolute atomic E-state index is 0.0275. The van der Waals surface area contributed by atoms with Gasteiger partial charge in [-0.15, -0.1) is 0 Å². The average Bonchev–Trinajstić information content (AvgIpc) is 2.49. The fraction of sp³-hybridized carbons (Fsp3) is 0.133. The van der Waals surface area contributed by atoms with Gasteiger partial charge in [-0.3, -0.25) is 0 Å². The number of amides is 2. The summed E-state index contributed by atoms with van der Waals surface area (Å²) in [4.78, 5) is 11.9. The number of hydrogen-bond donors (Lipinski definition) is 2. The fourth-order valence-electron chi connectivity index (χ4n) is 1.91. The molecule has 0 unspecified atom stereocenters. The van der Waals surface area contributed by atoms with Crippen molar-refractivity contribution >= 4 is 40.6 Å². The maximum absolute atomic E-state index is 12.8. The summed E-state index contributed by atoms with van der Waals surface area (Å²) in [6.45, 7) is 0. The van der Waals surface area contributed by atoms with Gasteiger partial charge in [0.05, 0.1) is 21.8 Å². The zero-order valence-corrected chi connectivity index (χ0v) is 13.9. The van der Waals surface area contributed by atoms with Crippen LogP contribution in [0, 0.1) is 0 Å². The highest BCUT2D eigenvalue weighted by Crippen LogP contribution is 2.37. The highest BCUT2D eigenvalue weighted by molar-refractivity contribution is 6.35. The molecule has 0 spiro atoms. The summed E-state index contributed by atoms with van der Waals surface area (Å²) in [6.07, 6.45) is -10.0. The minimum Gasteiger partial charge on any atom is -0.308 e. The number of halogens is 8. The standard InChI is InChI=1S/C15H8Cl2F6N2O/c16-9-1-2-11(17)12(6-9)25-13(26)24-10-4-7(14(18,19)20)3-8(5-10)15(21,22)23/h1-6H,(H2,24,25,26). The van der Waals surface area contributed by atoms with Crippen LogP contribution in [0.5, 0.6) is 0 Å². The molecule has 2 aromatic carbocycles. The Kier molecular flexibility index (Phi) is 5.62. The number of alkyl halides is 6. The van der Waals surface area contributed by atoms with Crippen LogP contribution in [0.25, 0.3) is 0 Å². The van der Waals surface area contributed by atoms with Gasteiger partial charge in [0.2, 0.25) is 0 Å². The number of anilines is 2. The van der Waals surface area contributed by atoms with E-state index in [-0.39, 0.29) is 21.8 Å². The van der Waals surface area contributed by atoms with Crippen LogP contribution in [-0.2, 0) is 12.4 Å². The average molecular weight is 417 g/mol.